The van der Waals surface area contributed by atoms with Crippen molar-refractivity contribution in [2.75, 3.05) is 7.05 Å². The van der Waals surface area contributed by atoms with Gasteiger partial charge in [-0.3, -0.25) is 4.98 Å². The van der Waals surface area contributed by atoms with E-state index in [1.54, 1.807) is 12.5 Å². The van der Waals surface area contributed by atoms with Crippen molar-refractivity contribution in [1.29, 1.82) is 0 Å². The zero-order valence-corrected chi connectivity index (χ0v) is 10.1. The zero-order valence-electron chi connectivity index (χ0n) is 10.1. The Morgan fingerprint density at radius 1 is 1.17 bits per heavy atom. The second-order valence-corrected chi connectivity index (χ2v) is 4.23. The van der Waals surface area contributed by atoms with Crippen LogP contribution in [0.25, 0.3) is 10.9 Å². The number of nitrogens with one attached hydrogen (secondary N) is 1. The standard InChI is InChI=1S/C15H14N2O/c1-16-15(13-6-8-18-10-13)12-4-5-14-11(9-12)3-2-7-17-14/h2-10,15-16H,1H3. The number of benzene rings is 1. The van der Waals surface area contributed by atoms with E-state index in [2.05, 4.69) is 34.6 Å². The molecule has 0 spiro atoms. The highest BCUT2D eigenvalue weighted by Crippen LogP contribution is 2.24. The summed E-state index contributed by atoms with van der Waals surface area (Å²) in [5.74, 6) is 0. The summed E-state index contributed by atoms with van der Waals surface area (Å²) in [6, 6.07) is 12.5. The van der Waals surface area contributed by atoms with Crippen LogP contribution in [0.5, 0.6) is 0 Å². The van der Waals surface area contributed by atoms with E-state index in [0.717, 1.165) is 16.5 Å². The third kappa shape index (κ3) is 1.89. The average Bonchev–Trinajstić information content (AvgIpc) is 2.93. The number of pyridine rings is 1. The predicted molar refractivity (Wildman–Crippen MR) is 71.4 cm³/mol. The molecule has 0 bridgehead atoms. The Kier molecular flexibility index (Phi) is 2.82. The number of fused-ring (bicyclic) bond motifs is 1. The van der Waals surface area contributed by atoms with E-state index in [0.29, 0.717) is 0 Å². The topological polar surface area (TPSA) is 38.1 Å². The SMILES string of the molecule is CNC(c1ccoc1)c1ccc2ncccc2c1. The van der Waals surface area contributed by atoms with Gasteiger partial charge in [-0.15, -0.1) is 0 Å². The molecule has 3 heteroatoms. The van der Waals surface area contributed by atoms with Gasteiger partial charge in [-0.2, -0.15) is 0 Å². The molecule has 1 unspecified atom stereocenters. The Balaban J connectivity index is 2.07. The molecule has 2 heterocycles. The first kappa shape index (κ1) is 11.0. The predicted octanol–water partition coefficient (Wildman–Crippen LogP) is 3.14. The highest BCUT2D eigenvalue weighted by atomic mass is 16.3. The lowest BCUT2D eigenvalue weighted by molar-refractivity contribution is 0.557. The fourth-order valence-corrected chi connectivity index (χ4v) is 2.24. The quantitative estimate of drug-likeness (QED) is 0.761. The number of hydrogen-bond donors (Lipinski definition) is 1. The number of aromatic nitrogens is 1. The first-order valence-electron chi connectivity index (χ1n) is 5.92. The van der Waals surface area contributed by atoms with Crippen LogP contribution < -0.4 is 5.32 Å². The van der Waals surface area contributed by atoms with Crippen LogP contribution in [-0.2, 0) is 0 Å². The van der Waals surface area contributed by atoms with Crippen molar-refractivity contribution in [3.63, 3.8) is 0 Å². The van der Waals surface area contributed by atoms with E-state index in [9.17, 15) is 0 Å². The molecule has 3 aromatic rings. The maximum absolute atomic E-state index is 5.15. The lowest BCUT2D eigenvalue weighted by Gasteiger charge is -2.15. The van der Waals surface area contributed by atoms with Crippen LogP contribution in [-0.4, -0.2) is 12.0 Å². The molecule has 18 heavy (non-hydrogen) atoms. The zero-order chi connectivity index (χ0) is 12.4. The second kappa shape index (κ2) is 4.63. The maximum atomic E-state index is 5.15. The highest BCUT2D eigenvalue weighted by Gasteiger charge is 2.13. The summed E-state index contributed by atoms with van der Waals surface area (Å²) >= 11 is 0. The van der Waals surface area contributed by atoms with Crippen molar-refractivity contribution in [2.24, 2.45) is 0 Å². The molecule has 1 N–H and O–H groups in total. The summed E-state index contributed by atoms with van der Waals surface area (Å²) in [4.78, 5) is 4.33. The van der Waals surface area contributed by atoms with E-state index in [1.165, 1.54) is 5.56 Å². The summed E-state index contributed by atoms with van der Waals surface area (Å²) in [5.41, 5.74) is 3.35. The number of rotatable bonds is 3. The van der Waals surface area contributed by atoms with Crippen LogP contribution in [0, 0.1) is 0 Å². The molecule has 0 aliphatic heterocycles. The molecule has 2 aromatic heterocycles. The third-order valence-electron chi connectivity index (χ3n) is 3.13. The highest BCUT2D eigenvalue weighted by molar-refractivity contribution is 5.79. The molecule has 90 valence electrons. The Bertz CT molecular complexity index is 646. The summed E-state index contributed by atoms with van der Waals surface area (Å²) in [6.45, 7) is 0. The van der Waals surface area contributed by atoms with Crippen molar-refractivity contribution in [1.82, 2.24) is 10.3 Å². The molecular formula is C15H14N2O. The van der Waals surface area contributed by atoms with Crippen LogP contribution in [0.15, 0.2) is 59.5 Å². The molecule has 0 radical (unpaired) electrons. The van der Waals surface area contributed by atoms with Gasteiger partial charge in [-0.25, -0.2) is 0 Å². The first-order valence-corrected chi connectivity index (χ1v) is 5.92. The lowest BCUT2D eigenvalue weighted by Crippen LogP contribution is -2.16. The first-order chi connectivity index (χ1) is 8.88. The average molecular weight is 238 g/mol. The summed E-state index contributed by atoms with van der Waals surface area (Å²) in [5, 5.41) is 4.46. The van der Waals surface area contributed by atoms with Gasteiger partial charge in [-0.05, 0) is 36.9 Å². The minimum Gasteiger partial charge on any atom is -0.472 e. The van der Waals surface area contributed by atoms with Gasteiger partial charge in [0.2, 0.25) is 0 Å². The molecule has 0 saturated carbocycles. The van der Waals surface area contributed by atoms with Crippen LogP contribution in [0.3, 0.4) is 0 Å². The molecule has 0 fully saturated rings. The normalized spacial score (nSPS) is 12.7. The molecule has 3 nitrogen and oxygen atoms in total. The van der Waals surface area contributed by atoms with Crippen LogP contribution >= 0.6 is 0 Å². The van der Waals surface area contributed by atoms with Crippen molar-refractivity contribution >= 4 is 10.9 Å². The number of hydrogen-bond acceptors (Lipinski definition) is 3. The summed E-state index contributed by atoms with van der Waals surface area (Å²) < 4.78 is 5.15. The summed E-state index contributed by atoms with van der Waals surface area (Å²) in [6.07, 6.45) is 5.28. The van der Waals surface area contributed by atoms with Crippen LogP contribution in [0.4, 0.5) is 0 Å². The van der Waals surface area contributed by atoms with E-state index in [1.807, 2.05) is 25.4 Å². The van der Waals surface area contributed by atoms with Crippen LogP contribution in [0.2, 0.25) is 0 Å². The Hall–Kier alpha value is -2.13. The molecule has 1 aromatic carbocycles. The Morgan fingerprint density at radius 2 is 2.11 bits per heavy atom. The molecular weight excluding hydrogens is 224 g/mol. The van der Waals surface area contributed by atoms with Gasteiger partial charge in [0, 0.05) is 17.1 Å². The molecule has 0 saturated heterocycles. The van der Waals surface area contributed by atoms with Crippen molar-refractivity contribution in [2.45, 2.75) is 6.04 Å². The third-order valence-corrected chi connectivity index (χ3v) is 3.13. The molecule has 0 aliphatic rings. The van der Waals surface area contributed by atoms with Crippen molar-refractivity contribution in [3.8, 4) is 0 Å². The summed E-state index contributed by atoms with van der Waals surface area (Å²) in [7, 11) is 1.95. The van der Waals surface area contributed by atoms with Gasteiger partial charge in [0.05, 0.1) is 24.1 Å². The Labute approximate surface area is 105 Å². The van der Waals surface area contributed by atoms with Gasteiger partial charge in [0.1, 0.15) is 0 Å². The van der Waals surface area contributed by atoms with Gasteiger partial charge in [-0.1, -0.05) is 12.1 Å². The molecule has 0 amide bonds. The van der Waals surface area contributed by atoms with E-state index < -0.39 is 0 Å². The molecule has 3 rings (SSSR count). The maximum Gasteiger partial charge on any atom is 0.0953 e. The monoisotopic (exact) mass is 238 g/mol. The smallest absolute Gasteiger partial charge is 0.0953 e. The van der Waals surface area contributed by atoms with Crippen molar-refractivity contribution < 1.29 is 4.42 Å². The van der Waals surface area contributed by atoms with E-state index in [-0.39, 0.29) is 6.04 Å². The number of nitrogens with zero attached hydrogens (tertiary/aromatic N) is 1. The fourth-order valence-electron chi connectivity index (χ4n) is 2.24. The fraction of sp³-hybridized carbons (Fsp3) is 0.133. The lowest BCUT2D eigenvalue weighted by atomic mass is 10.00. The van der Waals surface area contributed by atoms with Gasteiger partial charge >= 0.3 is 0 Å². The minimum atomic E-state index is 0.147. The van der Waals surface area contributed by atoms with Crippen molar-refractivity contribution in [3.05, 3.63) is 66.2 Å². The van der Waals surface area contributed by atoms with Gasteiger partial charge in [0.25, 0.3) is 0 Å². The van der Waals surface area contributed by atoms with E-state index in [4.69, 9.17) is 4.42 Å². The van der Waals surface area contributed by atoms with Gasteiger partial charge in [0.15, 0.2) is 0 Å². The molecule has 1 atom stereocenters. The van der Waals surface area contributed by atoms with E-state index >= 15 is 0 Å². The second-order valence-electron chi connectivity index (χ2n) is 4.23. The largest absolute Gasteiger partial charge is 0.472 e. The van der Waals surface area contributed by atoms with Crippen LogP contribution in [0.1, 0.15) is 17.2 Å². The Morgan fingerprint density at radius 3 is 2.89 bits per heavy atom. The number of furan rings is 1. The minimum absolute atomic E-state index is 0.147. The molecule has 0 aliphatic carbocycles. The van der Waals surface area contributed by atoms with Gasteiger partial charge < -0.3 is 9.73 Å².